The van der Waals surface area contributed by atoms with Crippen LogP contribution in [-0.2, 0) is 23.7 Å². The van der Waals surface area contributed by atoms with Crippen molar-refractivity contribution in [2.24, 2.45) is 34.5 Å². The van der Waals surface area contributed by atoms with Crippen LogP contribution < -0.4 is 0 Å². The molecule has 0 aromatic rings. The minimum Gasteiger partial charge on any atom is -0.346 e. The highest BCUT2D eigenvalue weighted by Crippen LogP contribution is 2.73. The Morgan fingerprint density at radius 1 is 1.00 bits per heavy atom. The predicted molar refractivity (Wildman–Crippen MR) is 115 cm³/mol. The summed E-state index contributed by atoms with van der Waals surface area (Å²) in [6, 6.07) is 0. The normalized spacial score (nSPS) is 52.6. The van der Waals surface area contributed by atoms with Crippen molar-refractivity contribution in [1.82, 2.24) is 0 Å². The van der Waals surface area contributed by atoms with Crippen LogP contribution in [0.1, 0.15) is 61.8 Å². The summed E-state index contributed by atoms with van der Waals surface area (Å²) in [5.74, 6) is -0.335. The second-order valence-electron chi connectivity index (χ2n) is 12.5. The molecule has 5 heteroatoms. The number of ether oxygens (including phenoxy) is 4. The highest BCUT2D eigenvalue weighted by molar-refractivity contribution is 5.95. The quantitative estimate of drug-likeness (QED) is 0.535. The van der Waals surface area contributed by atoms with E-state index in [4.69, 9.17) is 18.9 Å². The number of Topliss-reactive ketones (excluding diaryl/α,β-unsaturated/α-hetero) is 1. The van der Waals surface area contributed by atoms with Gasteiger partial charge in [0.25, 0.3) is 0 Å². The zero-order valence-corrected chi connectivity index (χ0v) is 20.1. The lowest BCUT2D eigenvalue weighted by molar-refractivity contribution is -0.304. The van der Waals surface area contributed by atoms with Crippen molar-refractivity contribution in [1.29, 1.82) is 0 Å². The number of rotatable bonds is 0. The van der Waals surface area contributed by atoms with Gasteiger partial charge in [-0.3, -0.25) is 4.79 Å². The number of fused-ring (bicyclic) bond motifs is 4. The Kier molecular flexibility index (Phi) is 3.68. The molecule has 0 aromatic heterocycles. The van der Waals surface area contributed by atoms with Gasteiger partial charge in [0.1, 0.15) is 17.8 Å². The van der Waals surface area contributed by atoms with Gasteiger partial charge in [-0.15, -0.1) is 0 Å². The Morgan fingerprint density at radius 3 is 2.39 bits per heavy atom. The zero-order valence-electron chi connectivity index (χ0n) is 20.1. The van der Waals surface area contributed by atoms with Crippen molar-refractivity contribution in [3.63, 3.8) is 0 Å². The first-order valence-corrected chi connectivity index (χ1v) is 11.9. The Hall–Kier alpha value is -1.01. The molecule has 31 heavy (non-hydrogen) atoms. The molecular formula is C26H36O5. The van der Waals surface area contributed by atoms with Crippen LogP contribution in [-0.4, -0.2) is 41.8 Å². The summed E-state index contributed by atoms with van der Waals surface area (Å²) >= 11 is 0. The third-order valence-corrected chi connectivity index (χ3v) is 9.45. The first-order valence-electron chi connectivity index (χ1n) is 11.9. The fourth-order valence-electron chi connectivity index (χ4n) is 8.17. The van der Waals surface area contributed by atoms with Crippen LogP contribution in [0.2, 0.25) is 0 Å². The van der Waals surface area contributed by atoms with E-state index in [1.807, 2.05) is 27.7 Å². The molecule has 0 unspecified atom stereocenters. The Morgan fingerprint density at radius 2 is 1.68 bits per heavy atom. The monoisotopic (exact) mass is 428 g/mol. The number of carbonyl (C=O) groups is 1. The van der Waals surface area contributed by atoms with Crippen molar-refractivity contribution in [3.8, 4) is 0 Å². The molecule has 2 spiro atoms. The molecule has 2 saturated carbocycles. The molecule has 8 atom stereocenters. The van der Waals surface area contributed by atoms with E-state index < -0.39 is 22.6 Å². The molecule has 5 nitrogen and oxygen atoms in total. The van der Waals surface area contributed by atoms with Gasteiger partial charge in [-0.25, -0.2) is 0 Å². The lowest BCUT2D eigenvalue weighted by Gasteiger charge is -2.53. The number of ketones is 1. The van der Waals surface area contributed by atoms with Gasteiger partial charge in [-0.2, -0.15) is 0 Å². The van der Waals surface area contributed by atoms with E-state index in [9.17, 15) is 4.79 Å². The molecule has 2 saturated heterocycles. The van der Waals surface area contributed by atoms with Crippen LogP contribution in [0.25, 0.3) is 0 Å². The second kappa shape index (κ2) is 5.55. The third kappa shape index (κ3) is 2.24. The van der Waals surface area contributed by atoms with Gasteiger partial charge in [0.05, 0.1) is 12.0 Å². The van der Waals surface area contributed by atoms with Crippen LogP contribution >= 0.6 is 0 Å². The first kappa shape index (κ1) is 20.6. The fraction of sp³-hybridized carbons (Fsp3) is 0.808. The van der Waals surface area contributed by atoms with Crippen molar-refractivity contribution in [3.05, 3.63) is 23.3 Å². The van der Waals surface area contributed by atoms with Gasteiger partial charge in [0.2, 0.25) is 0 Å². The lowest BCUT2D eigenvalue weighted by Crippen LogP contribution is -2.67. The molecule has 2 heterocycles. The predicted octanol–water partition coefficient (Wildman–Crippen LogP) is 4.41. The van der Waals surface area contributed by atoms with Gasteiger partial charge < -0.3 is 18.9 Å². The molecule has 0 N–H and O–H groups in total. The summed E-state index contributed by atoms with van der Waals surface area (Å²) in [4.78, 5) is 14.7. The number of allylic oxidation sites excluding steroid dienone is 1. The average Bonchev–Trinajstić information content (AvgIpc) is 2.97. The molecule has 0 radical (unpaired) electrons. The van der Waals surface area contributed by atoms with E-state index >= 15 is 0 Å². The minimum absolute atomic E-state index is 0.134. The van der Waals surface area contributed by atoms with E-state index in [1.165, 1.54) is 0 Å². The standard InChI is InChI=1S/C26H36O5/c1-13-11-25-14(2)9-17-18(22(17,3)4)16(19(25)27)10-15-12-28-23(5,6)30-21(15)26(25)20(13)29-24(7,8)31-26/h10-11,14,16-18,20-21H,9,12H2,1-8H3/t14-,16+,17+,18+,20+,21-,25-,26-/m1/s1. The van der Waals surface area contributed by atoms with Crippen molar-refractivity contribution in [2.75, 3.05) is 6.61 Å². The van der Waals surface area contributed by atoms with Gasteiger partial charge in [-0.1, -0.05) is 32.9 Å². The lowest BCUT2D eigenvalue weighted by atomic mass is 9.58. The van der Waals surface area contributed by atoms with Crippen molar-refractivity contribution >= 4 is 5.78 Å². The van der Waals surface area contributed by atoms with Crippen LogP contribution in [0.4, 0.5) is 0 Å². The van der Waals surface area contributed by atoms with Crippen LogP contribution in [0.15, 0.2) is 23.3 Å². The molecule has 4 aliphatic carbocycles. The molecule has 6 rings (SSSR count). The summed E-state index contributed by atoms with van der Waals surface area (Å²) in [5.41, 5.74) is 0.650. The highest BCUT2D eigenvalue weighted by atomic mass is 16.8. The Balaban J connectivity index is 1.64. The van der Waals surface area contributed by atoms with Gasteiger partial charge in [-0.05, 0) is 75.4 Å². The molecule has 2 bridgehead atoms. The van der Waals surface area contributed by atoms with E-state index in [-0.39, 0.29) is 29.5 Å². The largest absolute Gasteiger partial charge is 0.346 e. The van der Waals surface area contributed by atoms with E-state index in [0.29, 0.717) is 24.2 Å². The number of hydrogen-bond donors (Lipinski definition) is 0. The maximum Gasteiger partial charge on any atom is 0.164 e. The van der Waals surface area contributed by atoms with Gasteiger partial charge in [0, 0.05) is 5.92 Å². The molecule has 6 aliphatic rings. The van der Waals surface area contributed by atoms with Crippen LogP contribution in [0.5, 0.6) is 0 Å². The fourth-order valence-corrected chi connectivity index (χ4v) is 8.17. The number of carbonyl (C=O) groups excluding carboxylic acids is 1. The molecule has 170 valence electrons. The van der Waals surface area contributed by atoms with Gasteiger partial charge >= 0.3 is 0 Å². The van der Waals surface area contributed by atoms with Crippen molar-refractivity contribution < 1.29 is 23.7 Å². The second-order valence-corrected chi connectivity index (χ2v) is 12.5. The smallest absolute Gasteiger partial charge is 0.164 e. The van der Waals surface area contributed by atoms with E-state index in [0.717, 1.165) is 17.6 Å². The van der Waals surface area contributed by atoms with Crippen LogP contribution in [0, 0.1) is 34.5 Å². The molecular weight excluding hydrogens is 392 g/mol. The average molecular weight is 429 g/mol. The first-order chi connectivity index (χ1) is 14.3. The Labute approximate surface area is 185 Å². The topological polar surface area (TPSA) is 54.0 Å². The SMILES string of the molecule is CC1=C[C@@]23C(=O)[C@@H](C=C4COC(C)(C)O[C@H]4[C@@]24OC(C)(C)O[C@@H]14)[C@H]1[C@H](C[C@H]3C)C1(C)C. The summed E-state index contributed by atoms with van der Waals surface area (Å²) in [6.45, 7) is 17.3. The Bertz CT molecular complexity index is 941. The van der Waals surface area contributed by atoms with E-state index in [2.05, 4.69) is 39.8 Å². The number of hydrogen-bond acceptors (Lipinski definition) is 5. The summed E-state index contributed by atoms with van der Waals surface area (Å²) in [7, 11) is 0. The highest BCUT2D eigenvalue weighted by Gasteiger charge is 2.80. The zero-order chi connectivity index (χ0) is 22.4. The summed E-state index contributed by atoms with van der Waals surface area (Å²) in [6.07, 6.45) is 4.76. The third-order valence-electron chi connectivity index (χ3n) is 9.45. The maximum absolute atomic E-state index is 14.7. The van der Waals surface area contributed by atoms with Gasteiger partial charge in [0.15, 0.2) is 17.4 Å². The summed E-state index contributed by atoms with van der Waals surface area (Å²) < 4.78 is 26.2. The minimum atomic E-state index is -0.903. The molecule has 0 amide bonds. The maximum atomic E-state index is 14.7. The van der Waals surface area contributed by atoms with E-state index in [1.54, 1.807) is 0 Å². The molecule has 0 aromatic carbocycles. The van der Waals surface area contributed by atoms with Crippen LogP contribution in [0.3, 0.4) is 0 Å². The summed E-state index contributed by atoms with van der Waals surface area (Å²) in [5, 5.41) is 0. The molecule has 2 aliphatic heterocycles. The molecule has 4 fully saturated rings. The van der Waals surface area contributed by atoms with Crippen molar-refractivity contribution in [2.45, 2.75) is 91.2 Å².